The normalized spacial score (nSPS) is 16.5. The Morgan fingerprint density at radius 2 is 2.00 bits per heavy atom. The zero-order valence-corrected chi connectivity index (χ0v) is 15.2. The third kappa shape index (κ3) is 3.25. The molecule has 2 N–H and O–H groups in total. The SMILES string of the molecule is Cc1ccc(S(=O)(=O)Nc2ccc3c(c2)NC(=O)C(C)(C)CO3)s1. The van der Waals surface area contributed by atoms with Gasteiger partial charge in [-0.2, -0.15) is 0 Å². The van der Waals surface area contributed by atoms with Gasteiger partial charge < -0.3 is 10.1 Å². The molecule has 0 radical (unpaired) electrons. The monoisotopic (exact) mass is 366 g/mol. The molecule has 0 bridgehead atoms. The van der Waals surface area contributed by atoms with Crippen molar-refractivity contribution in [3.05, 3.63) is 35.2 Å². The van der Waals surface area contributed by atoms with Crippen LogP contribution in [-0.4, -0.2) is 20.9 Å². The summed E-state index contributed by atoms with van der Waals surface area (Å²) >= 11 is 1.20. The molecule has 0 atom stereocenters. The van der Waals surface area contributed by atoms with Gasteiger partial charge in [0.2, 0.25) is 5.91 Å². The van der Waals surface area contributed by atoms with Gasteiger partial charge in [-0.3, -0.25) is 9.52 Å². The number of carbonyl (C=O) groups excluding carboxylic acids is 1. The maximum atomic E-state index is 12.4. The van der Waals surface area contributed by atoms with E-state index in [1.165, 1.54) is 11.3 Å². The van der Waals surface area contributed by atoms with Crippen LogP contribution in [0, 0.1) is 12.3 Å². The smallest absolute Gasteiger partial charge is 0.271 e. The van der Waals surface area contributed by atoms with Crippen molar-refractivity contribution in [3.8, 4) is 5.75 Å². The molecule has 2 heterocycles. The molecule has 0 saturated heterocycles. The van der Waals surface area contributed by atoms with E-state index in [4.69, 9.17) is 4.74 Å². The summed E-state index contributed by atoms with van der Waals surface area (Å²) in [6, 6.07) is 8.15. The number of fused-ring (bicyclic) bond motifs is 1. The minimum atomic E-state index is -3.65. The number of ether oxygens (including phenoxy) is 1. The molecule has 128 valence electrons. The van der Waals surface area contributed by atoms with Crippen LogP contribution in [0.4, 0.5) is 11.4 Å². The van der Waals surface area contributed by atoms with Gasteiger partial charge in [-0.25, -0.2) is 8.42 Å². The summed E-state index contributed by atoms with van der Waals surface area (Å²) in [5, 5.41) is 2.79. The lowest BCUT2D eigenvalue weighted by atomic mass is 9.94. The largest absolute Gasteiger partial charge is 0.490 e. The van der Waals surface area contributed by atoms with E-state index in [0.29, 0.717) is 17.1 Å². The minimum Gasteiger partial charge on any atom is -0.490 e. The number of thiophene rings is 1. The second-order valence-corrected chi connectivity index (χ2v) is 9.51. The fourth-order valence-electron chi connectivity index (χ4n) is 2.19. The Hall–Kier alpha value is -2.06. The Bertz CT molecular complexity index is 901. The standard InChI is InChI=1S/C16H18N2O4S2/c1-10-4-7-14(23-10)24(20,21)18-11-5-6-13-12(8-11)17-15(19)16(2,3)9-22-13/h4-8,18H,9H2,1-3H3,(H,17,19). The lowest BCUT2D eigenvalue weighted by Crippen LogP contribution is -2.33. The van der Waals surface area contributed by atoms with Crippen LogP contribution in [0.1, 0.15) is 18.7 Å². The van der Waals surface area contributed by atoms with Crippen molar-refractivity contribution in [2.45, 2.75) is 25.0 Å². The number of sulfonamides is 1. The lowest BCUT2D eigenvalue weighted by Gasteiger charge is -2.18. The third-order valence-corrected chi connectivity index (χ3v) is 6.54. The van der Waals surface area contributed by atoms with Crippen LogP contribution in [0.15, 0.2) is 34.5 Å². The molecular formula is C16H18N2O4S2. The summed E-state index contributed by atoms with van der Waals surface area (Å²) in [4.78, 5) is 13.1. The minimum absolute atomic E-state index is 0.171. The number of amides is 1. The van der Waals surface area contributed by atoms with Gasteiger partial charge in [-0.15, -0.1) is 11.3 Å². The second-order valence-electron chi connectivity index (χ2n) is 6.31. The summed E-state index contributed by atoms with van der Waals surface area (Å²) < 4.78 is 33.2. The maximum Gasteiger partial charge on any atom is 0.271 e. The maximum absolute atomic E-state index is 12.4. The Balaban J connectivity index is 1.89. The quantitative estimate of drug-likeness (QED) is 0.873. The topological polar surface area (TPSA) is 84.5 Å². The van der Waals surface area contributed by atoms with Crippen molar-refractivity contribution in [1.29, 1.82) is 0 Å². The van der Waals surface area contributed by atoms with E-state index in [0.717, 1.165) is 4.88 Å². The number of nitrogens with one attached hydrogen (secondary N) is 2. The Labute approximate surface area is 144 Å². The molecule has 1 aromatic carbocycles. The molecule has 0 saturated carbocycles. The van der Waals surface area contributed by atoms with E-state index in [2.05, 4.69) is 10.0 Å². The molecule has 1 aliphatic rings. The van der Waals surface area contributed by atoms with Crippen molar-refractivity contribution in [1.82, 2.24) is 0 Å². The van der Waals surface area contributed by atoms with Crippen molar-refractivity contribution in [2.75, 3.05) is 16.6 Å². The van der Waals surface area contributed by atoms with Crippen LogP contribution in [0.5, 0.6) is 5.75 Å². The molecule has 2 aromatic rings. The van der Waals surface area contributed by atoms with Gasteiger partial charge in [0, 0.05) is 4.88 Å². The summed E-state index contributed by atoms with van der Waals surface area (Å²) in [5.41, 5.74) is 0.157. The van der Waals surface area contributed by atoms with Crippen LogP contribution in [0.25, 0.3) is 0 Å². The zero-order valence-electron chi connectivity index (χ0n) is 13.5. The summed E-state index contributed by atoms with van der Waals surface area (Å²) in [5.74, 6) is 0.346. The molecule has 1 aliphatic heterocycles. The van der Waals surface area contributed by atoms with Crippen LogP contribution in [0.3, 0.4) is 0 Å². The van der Waals surface area contributed by atoms with Gasteiger partial charge >= 0.3 is 0 Å². The molecule has 24 heavy (non-hydrogen) atoms. The number of anilines is 2. The van der Waals surface area contributed by atoms with E-state index >= 15 is 0 Å². The highest BCUT2D eigenvalue weighted by Crippen LogP contribution is 2.35. The average molecular weight is 366 g/mol. The van der Waals surface area contributed by atoms with Crippen LogP contribution < -0.4 is 14.8 Å². The predicted octanol–water partition coefficient (Wildman–Crippen LogP) is 3.21. The van der Waals surface area contributed by atoms with E-state index in [1.54, 1.807) is 44.2 Å². The fraction of sp³-hybridized carbons (Fsp3) is 0.312. The van der Waals surface area contributed by atoms with Gasteiger partial charge in [0.05, 0.1) is 16.8 Å². The number of benzene rings is 1. The molecular weight excluding hydrogens is 348 g/mol. The molecule has 0 fully saturated rings. The Kier molecular flexibility index (Phi) is 4.05. The zero-order chi connectivity index (χ0) is 17.5. The summed E-state index contributed by atoms with van der Waals surface area (Å²) in [7, 11) is -3.65. The predicted molar refractivity (Wildman–Crippen MR) is 94.2 cm³/mol. The van der Waals surface area contributed by atoms with Crippen molar-refractivity contribution in [3.63, 3.8) is 0 Å². The number of hydrogen-bond acceptors (Lipinski definition) is 5. The number of carbonyl (C=O) groups is 1. The highest BCUT2D eigenvalue weighted by Gasteiger charge is 2.32. The molecule has 3 rings (SSSR count). The van der Waals surface area contributed by atoms with E-state index in [9.17, 15) is 13.2 Å². The average Bonchev–Trinajstić information content (AvgIpc) is 2.89. The highest BCUT2D eigenvalue weighted by atomic mass is 32.2. The van der Waals surface area contributed by atoms with Gasteiger partial charge in [-0.05, 0) is 51.1 Å². The molecule has 8 heteroatoms. The number of hydrogen-bond donors (Lipinski definition) is 2. The summed E-state index contributed by atoms with van der Waals surface area (Å²) in [6.07, 6.45) is 0. The van der Waals surface area contributed by atoms with Gasteiger partial charge in [0.1, 0.15) is 16.6 Å². The molecule has 0 spiro atoms. The lowest BCUT2D eigenvalue weighted by molar-refractivity contribution is -0.124. The first kappa shape index (κ1) is 16.8. The molecule has 1 amide bonds. The summed E-state index contributed by atoms with van der Waals surface area (Å²) in [6.45, 7) is 5.68. The van der Waals surface area contributed by atoms with E-state index in [-0.39, 0.29) is 16.7 Å². The fourth-order valence-corrected chi connectivity index (χ4v) is 4.53. The number of rotatable bonds is 3. The molecule has 0 aliphatic carbocycles. The van der Waals surface area contributed by atoms with Gasteiger partial charge in [0.25, 0.3) is 10.0 Å². The first-order valence-electron chi connectivity index (χ1n) is 7.35. The third-order valence-electron chi connectivity index (χ3n) is 3.66. The Morgan fingerprint density at radius 1 is 1.25 bits per heavy atom. The Morgan fingerprint density at radius 3 is 2.67 bits per heavy atom. The second kappa shape index (κ2) is 5.78. The van der Waals surface area contributed by atoms with Gasteiger partial charge in [-0.1, -0.05) is 0 Å². The van der Waals surface area contributed by atoms with Crippen LogP contribution in [-0.2, 0) is 14.8 Å². The van der Waals surface area contributed by atoms with Crippen LogP contribution in [0.2, 0.25) is 0 Å². The molecule has 0 unspecified atom stereocenters. The molecule has 6 nitrogen and oxygen atoms in total. The van der Waals surface area contributed by atoms with E-state index in [1.807, 2.05) is 6.92 Å². The van der Waals surface area contributed by atoms with Gasteiger partial charge in [0.15, 0.2) is 0 Å². The van der Waals surface area contributed by atoms with Crippen molar-refractivity contribution >= 4 is 38.6 Å². The van der Waals surface area contributed by atoms with Crippen LogP contribution >= 0.6 is 11.3 Å². The van der Waals surface area contributed by atoms with Crippen molar-refractivity contribution < 1.29 is 17.9 Å². The first-order valence-corrected chi connectivity index (χ1v) is 9.65. The highest BCUT2D eigenvalue weighted by molar-refractivity contribution is 7.94. The first-order chi connectivity index (χ1) is 11.2. The molecule has 1 aromatic heterocycles. The van der Waals surface area contributed by atoms with Crippen molar-refractivity contribution in [2.24, 2.45) is 5.41 Å². The number of aryl methyl sites for hydroxylation is 1. The van der Waals surface area contributed by atoms with E-state index < -0.39 is 15.4 Å².